The summed E-state index contributed by atoms with van der Waals surface area (Å²) in [6.45, 7) is 2.56. The number of imidazole rings is 1. The summed E-state index contributed by atoms with van der Waals surface area (Å²) >= 11 is 6.30. The van der Waals surface area contributed by atoms with Crippen molar-refractivity contribution in [3.8, 4) is 5.75 Å². The zero-order valence-corrected chi connectivity index (χ0v) is 12.7. The van der Waals surface area contributed by atoms with E-state index in [1.54, 1.807) is 13.3 Å². The van der Waals surface area contributed by atoms with Gasteiger partial charge in [0.2, 0.25) is 0 Å². The van der Waals surface area contributed by atoms with Crippen molar-refractivity contribution in [1.29, 1.82) is 0 Å². The highest BCUT2D eigenvalue weighted by molar-refractivity contribution is 6.20. The third-order valence-electron chi connectivity index (χ3n) is 3.39. The predicted octanol–water partition coefficient (Wildman–Crippen LogP) is 3.79. The van der Waals surface area contributed by atoms with Crippen LogP contribution in [-0.2, 0) is 6.54 Å². The van der Waals surface area contributed by atoms with E-state index in [9.17, 15) is 0 Å². The Morgan fingerprint density at radius 2 is 2.10 bits per heavy atom. The lowest BCUT2D eigenvalue weighted by Crippen LogP contribution is -2.06. The topological polar surface area (TPSA) is 39.9 Å². The van der Waals surface area contributed by atoms with Gasteiger partial charge in [-0.2, -0.15) is 0 Å². The summed E-state index contributed by atoms with van der Waals surface area (Å²) in [4.78, 5) is 9.04. The number of fused-ring (bicyclic) bond motifs is 1. The SMILES string of the molecule is COc1cccc2c1nc(C(C)Cl)n2Cc1ccccn1. The first kappa shape index (κ1) is 13.9. The number of ether oxygens (including phenoxy) is 1. The van der Waals surface area contributed by atoms with Crippen LogP contribution in [0.25, 0.3) is 11.0 Å². The fourth-order valence-electron chi connectivity index (χ4n) is 2.43. The molecule has 0 aliphatic rings. The Kier molecular flexibility index (Phi) is 3.80. The summed E-state index contributed by atoms with van der Waals surface area (Å²) in [5.41, 5.74) is 2.80. The van der Waals surface area contributed by atoms with E-state index < -0.39 is 0 Å². The average Bonchev–Trinajstić information content (AvgIpc) is 2.87. The Morgan fingerprint density at radius 1 is 1.24 bits per heavy atom. The van der Waals surface area contributed by atoms with Gasteiger partial charge in [-0.25, -0.2) is 4.98 Å². The molecular weight excluding hydrogens is 286 g/mol. The molecule has 1 atom stereocenters. The van der Waals surface area contributed by atoms with E-state index in [0.717, 1.165) is 28.3 Å². The summed E-state index contributed by atoms with van der Waals surface area (Å²) in [6.07, 6.45) is 1.79. The molecule has 1 unspecified atom stereocenters. The molecule has 5 heteroatoms. The Morgan fingerprint density at radius 3 is 2.76 bits per heavy atom. The van der Waals surface area contributed by atoms with Gasteiger partial charge in [0.05, 0.1) is 30.2 Å². The van der Waals surface area contributed by atoms with Crippen molar-refractivity contribution in [1.82, 2.24) is 14.5 Å². The molecule has 0 aliphatic carbocycles. The number of nitrogens with zero attached hydrogens (tertiary/aromatic N) is 3. The van der Waals surface area contributed by atoms with Crippen LogP contribution in [0.1, 0.15) is 23.8 Å². The van der Waals surface area contributed by atoms with Gasteiger partial charge in [-0.05, 0) is 31.2 Å². The van der Waals surface area contributed by atoms with E-state index in [-0.39, 0.29) is 5.38 Å². The van der Waals surface area contributed by atoms with E-state index in [0.29, 0.717) is 6.54 Å². The summed E-state index contributed by atoms with van der Waals surface area (Å²) < 4.78 is 7.49. The second-order valence-electron chi connectivity index (χ2n) is 4.82. The van der Waals surface area contributed by atoms with Crippen molar-refractivity contribution in [2.75, 3.05) is 7.11 Å². The van der Waals surface area contributed by atoms with Gasteiger partial charge in [-0.1, -0.05) is 12.1 Å². The van der Waals surface area contributed by atoms with Crippen molar-refractivity contribution in [2.24, 2.45) is 0 Å². The van der Waals surface area contributed by atoms with Crippen molar-refractivity contribution < 1.29 is 4.74 Å². The van der Waals surface area contributed by atoms with Crippen LogP contribution in [0.15, 0.2) is 42.6 Å². The predicted molar refractivity (Wildman–Crippen MR) is 83.9 cm³/mol. The normalized spacial score (nSPS) is 12.5. The highest BCUT2D eigenvalue weighted by Gasteiger charge is 2.17. The molecule has 21 heavy (non-hydrogen) atoms. The first-order valence-corrected chi connectivity index (χ1v) is 7.21. The largest absolute Gasteiger partial charge is 0.494 e. The molecule has 0 bridgehead atoms. The third-order valence-corrected chi connectivity index (χ3v) is 3.59. The third kappa shape index (κ3) is 2.59. The Balaban J connectivity index is 2.17. The first-order chi connectivity index (χ1) is 10.2. The highest BCUT2D eigenvalue weighted by Crippen LogP contribution is 2.30. The first-order valence-electron chi connectivity index (χ1n) is 6.78. The Hall–Kier alpha value is -2.07. The van der Waals surface area contributed by atoms with Crippen molar-refractivity contribution in [3.63, 3.8) is 0 Å². The zero-order valence-electron chi connectivity index (χ0n) is 12.0. The molecule has 0 N–H and O–H groups in total. The van der Waals surface area contributed by atoms with Crippen LogP contribution in [-0.4, -0.2) is 21.6 Å². The number of benzene rings is 1. The number of aromatic nitrogens is 3. The van der Waals surface area contributed by atoms with E-state index in [4.69, 9.17) is 16.3 Å². The second-order valence-corrected chi connectivity index (χ2v) is 5.48. The van der Waals surface area contributed by atoms with Crippen molar-refractivity contribution >= 4 is 22.6 Å². The van der Waals surface area contributed by atoms with Crippen LogP contribution < -0.4 is 4.74 Å². The molecule has 0 saturated heterocycles. The number of para-hydroxylation sites is 1. The van der Waals surface area contributed by atoms with E-state index >= 15 is 0 Å². The summed E-state index contributed by atoms with van der Waals surface area (Å²) in [5.74, 6) is 1.58. The van der Waals surface area contributed by atoms with Gasteiger partial charge in [0, 0.05) is 6.20 Å². The maximum Gasteiger partial charge on any atom is 0.146 e. The van der Waals surface area contributed by atoms with Crippen LogP contribution in [0.4, 0.5) is 0 Å². The minimum absolute atomic E-state index is 0.189. The summed E-state index contributed by atoms with van der Waals surface area (Å²) in [7, 11) is 1.65. The Bertz CT molecular complexity index is 753. The molecule has 0 spiro atoms. The minimum atomic E-state index is -0.189. The van der Waals surface area contributed by atoms with Gasteiger partial charge in [0.1, 0.15) is 17.1 Å². The van der Waals surface area contributed by atoms with Gasteiger partial charge in [-0.3, -0.25) is 4.98 Å². The number of alkyl halides is 1. The molecule has 3 rings (SSSR count). The fourth-order valence-corrected chi connectivity index (χ4v) is 2.59. The molecule has 108 valence electrons. The lowest BCUT2D eigenvalue weighted by molar-refractivity contribution is 0.419. The van der Waals surface area contributed by atoms with Gasteiger partial charge in [-0.15, -0.1) is 11.6 Å². The maximum atomic E-state index is 6.30. The number of rotatable bonds is 4. The van der Waals surface area contributed by atoms with E-state index in [1.165, 1.54) is 0 Å². The standard InChI is InChI=1S/C16H16ClN3O/c1-11(17)16-19-15-13(7-5-8-14(15)21-2)20(16)10-12-6-3-4-9-18-12/h3-9,11H,10H2,1-2H3. The monoisotopic (exact) mass is 301 g/mol. The van der Waals surface area contributed by atoms with E-state index in [2.05, 4.69) is 14.5 Å². The highest BCUT2D eigenvalue weighted by atomic mass is 35.5. The van der Waals surface area contributed by atoms with Gasteiger partial charge >= 0.3 is 0 Å². The summed E-state index contributed by atoms with van der Waals surface area (Å²) in [6, 6.07) is 11.8. The van der Waals surface area contributed by atoms with Crippen LogP contribution in [0.3, 0.4) is 0 Å². The fraction of sp³-hybridized carbons (Fsp3) is 0.250. The average molecular weight is 302 g/mol. The van der Waals surface area contributed by atoms with E-state index in [1.807, 2.05) is 43.3 Å². The lowest BCUT2D eigenvalue weighted by atomic mass is 10.3. The smallest absolute Gasteiger partial charge is 0.146 e. The van der Waals surface area contributed by atoms with Crippen LogP contribution in [0.2, 0.25) is 0 Å². The number of hydrogen-bond donors (Lipinski definition) is 0. The molecule has 2 aromatic heterocycles. The molecular formula is C16H16ClN3O. The molecule has 3 aromatic rings. The zero-order chi connectivity index (χ0) is 14.8. The van der Waals surface area contributed by atoms with Crippen molar-refractivity contribution in [3.05, 3.63) is 54.1 Å². The van der Waals surface area contributed by atoms with Crippen LogP contribution in [0.5, 0.6) is 5.75 Å². The van der Waals surface area contributed by atoms with Gasteiger partial charge < -0.3 is 9.30 Å². The van der Waals surface area contributed by atoms with Crippen LogP contribution >= 0.6 is 11.6 Å². The molecule has 1 aromatic carbocycles. The molecule has 0 saturated carbocycles. The molecule has 0 fully saturated rings. The lowest BCUT2D eigenvalue weighted by Gasteiger charge is -2.10. The molecule has 0 aliphatic heterocycles. The number of halogens is 1. The Labute approximate surface area is 128 Å². The molecule has 0 amide bonds. The minimum Gasteiger partial charge on any atom is -0.494 e. The second kappa shape index (κ2) is 5.74. The number of hydrogen-bond acceptors (Lipinski definition) is 3. The quantitative estimate of drug-likeness (QED) is 0.688. The van der Waals surface area contributed by atoms with Gasteiger partial charge in [0.25, 0.3) is 0 Å². The number of pyridine rings is 1. The van der Waals surface area contributed by atoms with Crippen LogP contribution in [0, 0.1) is 0 Å². The maximum absolute atomic E-state index is 6.30. The number of methoxy groups -OCH3 is 1. The molecule has 2 heterocycles. The van der Waals surface area contributed by atoms with Gasteiger partial charge in [0.15, 0.2) is 0 Å². The van der Waals surface area contributed by atoms with Crippen molar-refractivity contribution in [2.45, 2.75) is 18.8 Å². The summed E-state index contributed by atoms with van der Waals surface area (Å²) in [5, 5.41) is -0.189. The molecule has 4 nitrogen and oxygen atoms in total. The molecule has 0 radical (unpaired) electrons.